The first kappa shape index (κ1) is 13.2. The quantitative estimate of drug-likeness (QED) is 0.892. The summed E-state index contributed by atoms with van der Waals surface area (Å²) in [7, 11) is 0. The van der Waals surface area contributed by atoms with Gasteiger partial charge < -0.3 is 10.4 Å². The highest BCUT2D eigenvalue weighted by molar-refractivity contribution is 6.33. The molecule has 1 amide bonds. The van der Waals surface area contributed by atoms with Gasteiger partial charge in [-0.2, -0.15) is 0 Å². The van der Waals surface area contributed by atoms with Crippen molar-refractivity contribution in [2.45, 2.75) is 18.6 Å². The van der Waals surface area contributed by atoms with Crippen LogP contribution in [-0.2, 0) is 6.42 Å². The molecule has 0 heterocycles. The Kier molecular flexibility index (Phi) is 3.47. The first-order valence-corrected chi connectivity index (χ1v) is 6.86. The molecule has 2 N–H and O–H groups in total. The predicted molar refractivity (Wildman–Crippen MR) is 77.8 cm³/mol. The first-order valence-electron chi connectivity index (χ1n) is 6.48. The van der Waals surface area contributed by atoms with Gasteiger partial charge in [-0.25, -0.2) is 0 Å². The van der Waals surface area contributed by atoms with E-state index in [1.165, 1.54) is 0 Å². The Bertz CT molecular complexity index is 656. The maximum Gasteiger partial charge on any atom is 0.253 e. The number of aliphatic hydroxyl groups excluding tert-OH is 1. The van der Waals surface area contributed by atoms with Crippen molar-refractivity contribution in [3.63, 3.8) is 0 Å². The SMILES string of the molecule is O=C(N[C@@H]1c2ccccc2C[C@@H]1O)c1ccccc1Cl. The highest BCUT2D eigenvalue weighted by Crippen LogP contribution is 2.31. The summed E-state index contributed by atoms with van der Waals surface area (Å²) < 4.78 is 0. The third-order valence-electron chi connectivity index (χ3n) is 3.61. The Morgan fingerprint density at radius 3 is 2.65 bits per heavy atom. The summed E-state index contributed by atoms with van der Waals surface area (Å²) in [6.07, 6.45) is -0.0391. The molecular weight excluding hydrogens is 274 g/mol. The van der Waals surface area contributed by atoms with E-state index in [0.717, 1.165) is 11.1 Å². The Morgan fingerprint density at radius 2 is 1.85 bits per heavy atom. The molecule has 0 unspecified atom stereocenters. The zero-order chi connectivity index (χ0) is 14.1. The van der Waals surface area contributed by atoms with E-state index < -0.39 is 6.10 Å². The van der Waals surface area contributed by atoms with E-state index in [4.69, 9.17) is 11.6 Å². The van der Waals surface area contributed by atoms with Crippen LogP contribution >= 0.6 is 11.6 Å². The van der Waals surface area contributed by atoms with Crippen molar-refractivity contribution in [1.82, 2.24) is 5.32 Å². The molecule has 0 saturated heterocycles. The second kappa shape index (κ2) is 5.27. The lowest BCUT2D eigenvalue weighted by atomic mass is 10.1. The molecule has 4 heteroatoms. The molecule has 3 nitrogen and oxygen atoms in total. The molecule has 0 saturated carbocycles. The van der Waals surface area contributed by atoms with Gasteiger partial charge in [-0.05, 0) is 23.3 Å². The summed E-state index contributed by atoms with van der Waals surface area (Å²) in [5.41, 5.74) is 2.47. The number of halogens is 1. The molecule has 2 atom stereocenters. The molecule has 0 spiro atoms. The maximum atomic E-state index is 12.3. The minimum absolute atomic E-state index is 0.267. The molecule has 0 fully saturated rings. The highest BCUT2D eigenvalue weighted by atomic mass is 35.5. The van der Waals surface area contributed by atoms with Gasteiger partial charge in [0.25, 0.3) is 5.91 Å². The molecule has 1 aliphatic rings. The van der Waals surface area contributed by atoms with Crippen molar-refractivity contribution in [2.24, 2.45) is 0 Å². The largest absolute Gasteiger partial charge is 0.390 e. The summed E-state index contributed by atoms with van der Waals surface area (Å²) in [5, 5.41) is 13.4. The third kappa shape index (κ3) is 2.30. The van der Waals surface area contributed by atoms with Crippen LogP contribution in [0.15, 0.2) is 48.5 Å². The minimum Gasteiger partial charge on any atom is -0.390 e. The smallest absolute Gasteiger partial charge is 0.253 e. The van der Waals surface area contributed by atoms with Crippen LogP contribution in [0.25, 0.3) is 0 Å². The van der Waals surface area contributed by atoms with Gasteiger partial charge in [0.2, 0.25) is 0 Å². The van der Waals surface area contributed by atoms with Crippen molar-refractivity contribution < 1.29 is 9.90 Å². The highest BCUT2D eigenvalue weighted by Gasteiger charge is 2.32. The van der Waals surface area contributed by atoms with Crippen LogP contribution in [0, 0.1) is 0 Å². The lowest BCUT2D eigenvalue weighted by molar-refractivity contribution is 0.0858. The van der Waals surface area contributed by atoms with Crippen molar-refractivity contribution in [1.29, 1.82) is 0 Å². The number of hydrogen-bond acceptors (Lipinski definition) is 2. The van der Waals surface area contributed by atoms with Crippen LogP contribution in [0.3, 0.4) is 0 Å². The monoisotopic (exact) mass is 287 g/mol. The molecule has 102 valence electrons. The average molecular weight is 288 g/mol. The number of hydrogen-bond donors (Lipinski definition) is 2. The van der Waals surface area contributed by atoms with Gasteiger partial charge in [0.15, 0.2) is 0 Å². The van der Waals surface area contributed by atoms with E-state index in [1.54, 1.807) is 24.3 Å². The molecule has 0 aliphatic heterocycles. The number of fused-ring (bicyclic) bond motifs is 1. The molecule has 0 radical (unpaired) electrons. The Hall–Kier alpha value is -1.84. The molecule has 1 aliphatic carbocycles. The topological polar surface area (TPSA) is 49.3 Å². The van der Waals surface area contributed by atoms with Gasteiger partial charge in [0, 0.05) is 6.42 Å². The summed E-state index contributed by atoms with van der Waals surface area (Å²) in [6, 6.07) is 14.3. The lowest BCUT2D eigenvalue weighted by Gasteiger charge is -2.18. The van der Waals surface area contributed by atoms with E-state index >= 15 is 0 Å². The lowest BCUT2D eigenvalue weighted by Crippen LogP contribution is -2.34. The van der Waals surface area contributed by atoms with Gasteiger partial charge in [-0.3, -0.25) is 4.79 Å². The number of carbonyl (C=O) groups excluding carboxylic acids is 1. The van der Waals surface area contributed by atoms with Crippen LogP contribution in [0.5, 0.6) is 0 Å². The van der Waals surface area contributed by atoms with E-state index in [9.17, 15) is 9.90 Å². The van der Waals surface area contributed by atoms with Crippen molar-refractivity contribution >= 4 is 17.5 Å². The normalized spacial score (nSPS) is 20.5. The van der Waals surface area contributed by atoms with Crippen LogP contribution in [0.4, 0.5) is 0 Å². The molecule has 3 rings (SSSR count). The standard InChI is InChI=1S/C16H14ClNO2/c17-13-8-4-3-7-12(13)16(20)18-15-11-6-2-1-5-10(11)9-14(15)19/h1-8,14-15,19H,9H2,(H,18,20)/t14-,15+/m0/s1. The maximum absolute atomic E-state index is 12.3. The van der Waals surface area contributed by atoms with Gasteiger partial charge in [0.1, 0.15) is 0 Å². The van der Waals surface area contributed by atoms with Crippen molar-refractivity contribution in [3.05, 3.63) is 70.2 Å². The van der Waals surface area contributed by atoms with Crippen molar-refractivity contribution in [3.8, 4) is 0 Å². The number of nitrogens with one attached hydrogen (secondary N) is 1. The molecule has 2 aromatic carbocycles. The summed E-state index contributed by atoms with van der Waals surface area (Å²) >= 11 is 6.02. The van der Waals surface area contributed by atoms with Crippen LogP contribution in [-0.4, -0.2) is 17.1 Å². The Labute approximate surface area is 122 Å². The van der Waals surface area contributed by atoms with E-state index in [-0.39, 0.29) is 11.9 Å². The molecule has 2 aromatic rings. The third-order valence-corrected chi connectivity index (χ3v) is 3.94. The Morgan fingerprint density at radius 1 is 1.15 bits per heavy atom. The van der Waals surface area contributed by atoms with E-state index in [2.05, 4.69) is 5.32 Å². The average Bonchev–Trinajstić information content (AvgIpc) is 2.76. The number of aliphatic hydroxyl groups is 1. The fourth-order valence-corrected chi connectivity index (χ4v) is 2.83. The molecule has 0 aromatic heterocycles. The number of rotatable bonds is 2. The second-order valence-electron chi connectivity index (χ2n) is 4.90. The van der Waals surface area contributed by atoms with E-state index in [1.807, 2.05) is 24.3 Å². The van der Waals surface area contributed by atoms with Gasteiger partial charge in [0.05, 0.1) is 22.7 Å². The predicted octanol–water partition coefficient (Wildman–Crippen LogP) is 2.73. The van der Waals surface area contributed by atoms with Crippen LogP contribution in [0.1, 0.15) is 27.5 Å². The Balaban J connectivity index is 1.85. The zero-order valence-corrected chi connectivity index (χ0v) is 11.5. The molecule has 0 bridgehead atoms. The molecular formula is C16H14ClNO2. The second-order valence-corrected chi connectivity index (χ2v) is 5.31. The molecule has 20 heavy (non-hydrogen) atoms. The van der Waals surface area contributed by atoms with Gasteiger partial charge in [-0.15, -0.1) is 0 Å². The fraction of sp³-hybridized carbons (Fsp3) is 0.188. The summed E-state index contributed by atoms with van der Waals surface area (Å²) in [6.45, 7) is 0. The van der Waals surface area contributed by atoms with E-state index in [0.29, 0.717) is 17.0 Å². The number of carbonyl (C=O) groups is 1. The van der Waals surface area contributed by atoms with Crippen molar-refractivity contribution in [2.75, 3.05) is 0 Å². The van der Waals surface area contributed by atoms with Crippen LogP contribution in [0.2, 0.25) is 5.02 Å². The first-order chi connectivity index (χ1) is 9.66. The number of amides is 1. The van der Waals surface area contributed by atoms with Crippen LogP contribution < -0.4 is 5.32 Å². The minimum atomic E-state index is -0.598. The summed E-state index contributed by atoms with van der Waals surface area (Å²) in [4.78, 5) is 12.3. The van der Waals surface area contributed by atoms with Gasteiger partial charge in [-0.1, -0.05) is 48.0 Å². The fourth-order valence-electron chi connectivity index (χ4n) is 2.61. The zero-order valence-electron chi connectivity index (χ0n) is 10.7. The summed E-state index contributed by atoms with van der Waals surface area (Å²) in [5.74, 6) is -0.267. The number of benzene rings is 2. The van der Waals surface area contributed by atoms with Gasteiger partial charge >= 0.3 is 0 Å².